The summed E-state index contributed by atoms with van der Waals surface area (Å²) in [6.07, 6.45) is 2.59. The number of alkyl halides is 2. The summed E-state index contributed by atoms with van der Waals surface area (Å²) in [4.78, 5) is 2.44. The summed E-state index contributed by atoms with van der Waals surface area (Å²) < 4.78 is 28.5. The van der Waals surface area contributed by atoms with Crippen LogP contribution in [0.2, 0.25) is 0 Å². The maximum absolute atomic E-state index is 12.1. The summed E-state index contributed by atoms with van der Waals surface area (Å²) in [5, 5.41) is 3.58. The van der Waals surface area contributed by atoms with E-state index in [0.717, 1.165) is 37.7 Å². The summed E-state index contributed by atoms with van der Waals surface area (Å²) in [6.45, 7) is 1.47. The first-order chi connectivity index (χ1) is 9.70. The molecule has 2 heterocycles. The highest BCUT2D eigenvalue weighted by molar-refractivity contribution is 5.27. The smallest absolute Gasteiger partial charge is 0.387 e. The highest BCUT2D eigenvalue weighted by Gasteiger charge is 2.33. The average Bonchev–Trinajstić information content (AvgIpc) is 2.82. The number of ether oxygens (including phenoxy) is 1. The van der Waals surface area contributed by atoms with Gasteiger partial charge in [0.1, 0.15) is 5.75 Å². The van der Waals surface area contributed by atoms with Gasteiger partial charge in [0.15, 0.2) is 0 Å². The molecule has 0 aromatic heterocycles. The summed E-state index contributed by atoms with van der Waals surface area (Å²) in [7, 11) is 0. The third-order valence-electron chi connectivity index (χ3n) is 4.23. The van der Waals surface area contributed by atoms with Gasteiger partial charge in [-0.3, -0.25) is 4.90 Å². The van der Waals surface area contributed by atoms with E-state index in [1.807, 2.05) is 12.1 Å². The molecular weight excluding hydrogens is 262 g/mol. The molecule has 2 atom stereocenters. The van der Waals surface area contributed by atoms with Crippen molar-refractivity contribution < 1.29 is 13.5 Å². The van der Waals surface area contributed by atoms with Gasteiger partial charge in [-0.05, 0) is 43.0 Å². The second kappa shape index (κ2) is 6.06. The lowest BCUT2D eigenvalue weighted by atomic mass is 9.94. The summed E-state index contributed by atoms with van der Waals surface area (Å²) in [6, 6.07) is 7.59. The maximum Gasteiger partial charge on any atom is 0.387 e. The van der Waals surface area contributed by atoms with Gasteiger partial charge < -0.3 is 10.1 Å². The fraction of sp³-hybridized carbons (Fsp3) is 0.600. The Morgan fingerprint density at radius 1 is 1.25 bits per heavy atom. The molecule has 1 N–H and O–H groups in total. The van der Waals surface area contributed by atoms with E-state index in [1.165, 1.54) is 12.8 Å². The average molecular weight is 282 g/mol. The molecule has 1 aromatic rings. The van der Waals surface area contributed by atoms with Crippen LogP contribution >= 0.6 is 0 Å². The van der Waals surface area contributed by atoms with Gasteiger partial charge in [-0.2, -0.15) is 8.78 Å². The molecule has 20 heavy (non-hydrogen) atoms. The Hall–Kier alpha value is -1.20. The number of nitrogens with zero attached hydrogens (tertiary/aromatic N) is 1. The normalized spacial score (nSPS) is 26.8. The lowest BCUT2D eigenvalue weighted by Gasteiger charge is -2.24. The molecule has 2 fully saturated rings. The van der Waals surface area contributed by atoms with Crippen LogP contribution in [-0.2, 0) is 6.54 Å². The first kappa shape index (κ1) is 13.8. The van der Waals surface area contributed by atoms with Crippen LogP contribution in [0.4, 0.5) is 8.78 Å². The van der Waals surface area contributed by atoms with Gasteiger partial charge >= 0.3 is 6.61 Å². The van der Waals surface area contributed by atoms with Crippen molar-refractivity contribution in [2.45, 2.75) is 32.0 Å². The molecule has 5 heteroatoms. The predicted molar refractivity (Wildman–Crippen MR) is 72.9 cm³/mol. The fourth-order valence-corrected chi connectivity index (χ4v) is 3.30. The lowest BCUT2D eigenvalue weighted by Crippen LogP contribution is -2.40. The van der Waals surface area contributed by atoms with E-state index in [4.69, 9.17) is 0 Å². The Bertz CT molecular complexity index is 424. The van der Waals surface area contributed by atoms with Crippen LogP contribution in [0.1, 0.15) is 18.4 Å². The molecule has 0 aliphatic carbocycles. The molecule has 2 unspecified atom stereocenters. The molecular formula is C15H20F2N2O. The zero-order chi connectivity index (χ0) is 13.9. The highest BCUT2D eigenvalue weighted by atomic mass is 19.3. The van der Waals surface area contributed by atoms with Crippen LogP contribution < -0.4 is 10.1 Å². The molecule has 0 spiro atoms. The SMILES string of the molecule is FC(F)Oc1ccc(CN2CC3CCCNC3C2)cc1. The van der Waals surface area contributed by atoms with Crippen molar-refractivity contribution in [3.63, 3.8) is 0 Å². The van der Waals surface area contributed by atoms with Crippen LogP contribution in [-0.4, -0.2) is 37.2 Å². The zero-order valence-corrected chi connectivity index (χ0v) is 11.4. The first-order valence-corrected chi connectivity index (χ1v) is 7.20. The van der Waals surface area contributed by atoms with Crippen LogP contribution in [0, 0.1) is 5.92 Å². The van der Waals surface area contributed by atoms with E-state index in [0.29, 0.717) is 6.04 Å². The van der Waals surface area contributed by atoms with Crippen LogP contribution in [0.25, 0.3) is 0 Å². The molecule has 0 bridgehead atoms. The molecule has 110 valence electrons. The topological polar surface area (TPSA) is 24.5 Å². The maximum atomic E-state index is 12.1. The summed E-state index contributed by atoms with van der Waals surface area (Å²) in [5.74, 6) is 0.991. The molecule has 0 radical (unpaired) electrons. The first-order valence-electron chi connectivity index (χ1n) is 7.20. The molecule has 0 saturated carbocycles. The lowest BCUT2D eigenvalue weighted by molar-refractivity contribution is -0.0498. The largest absolute Gasteiger partial charge is 0.435 e. The number of hydrogen-bond donors (Lipinski definition) is 1. The van der Waals surface area contributed by atoms with Gasteiger partial charge in [-0.25, -0.2) is 0 Å². The standard InChI is InChI=1S/C15H20F2N2O/c16-15(17)20-13-5-3-11(4-6-13)8-19-9-12-2-1-7-18-14(12)10-19/h3-6,12,14-15,18H,1-2,7-10H2. The Morgan fingerprint density at radius 3 is 2.75 bits per heavy atom. The number of halogens is 2. The number of fused-ring (bicyclic) bond motifs is 1. The van der Waals surface area contributed by atoms with Gasteiger partial charge in [-0.15, -0.1) is 0 Å². The van der Waals surface area contributed by atoms with E-state index in [9.17, 15) is 8.78 Å². The second-order valence-corrected chi connectivity index (χ2v) is 5.68. The van der Waals surface area contributed by atoms with E-state index >= 15 is 0 Å². The Labute approximate surface area is 117 Å². The van der Waals surface area contributed by atoms with Crippen LogP contribution in [0.15, 0.2) is 24.3 Å². The zero-order valence-electron chi connectivity index (χ0n) is 11.4. The van der Waals surface area contributed by atoms with Crippen molar-refractivity contribution >= 4 is 0 Å². The second-order valence-electron chi connectivity index (χ2n) is 5.68. The van der Waals surface area contributed by atoms with Gasteiger partial charge in [-0.1, -0.05) is 12.1 Å². The van der Waals surface area contributed by atoms with E-state index < -0.39 is 6.61 Å². The molecule has 1 aromatic carbocycles. The third-order valence-corrected chi connectivity index (χ3v) is 4.23. The Kier molecular flexibility index (Phi) is 4.17. The summed E-state index contributed by atoms with van der Waals surface area (Å²) >= 11 is 0. The minimum Gasteiger partial charge on any atom is -0.435 e. The minimum atomic E-state index is -2.76. The number of likely N-dealkylation sites (tertiary alicyclic amines) is 1. The quantitative estimate of drug-likeness (QED) is 0.918. The summed E-state index contributed by atoms with van der Waals surface area (Å²) in [5.41, 5.74) is 1.14. The number of benzene rings is 1. The van der Waals surface area contributed by atoms with Crippen molar-refractivity contribution in [1.82, 2.24) is 10.2 Å². The van der Waals surface area contributed by atoms with E-state index in [1.54, 1.807) is 12.1 Å². The fourth-order valence-electron chi connectivity index (χ4n) is 3.30. The van der Waals surface area contributed by atoms with Gasteiger partial charge in [0.25, 0.3) is 0 Å². The molecule has 2 saturated heterocycles. The Morgan fingerprint density at radius 2 is 2.05 bits per heavy atom. The molecule has 3 nitrogen and oxygen atoms in total. The number of nitrogens with one attached hydrogen (secondary N) is 1. The van der Waals surface area contributed by atoms with Crippen molar-refractivity contribution in [3.8, 4) is 5.75 Å². The van der Waals surface area contributed by atoms with E-state index in [2.05, 4.69) is 15.0 Å². The molecule has 0 amide bonds. The Balaban J connectivity index is 1.55. The number of hydrogen-bond acceptors (Lipinski definition) is 3. The van der Waals surface area contributed by atoms with Crippen molar-refractivity contribution in [2.24, 2.45) is 5.92 Å². The third kappa shape index (κ3) is 3.27. The highest BCUT2D eigenvalue weighted by Crippen LogP contribution is 2.26. The number of piperidine rings is 1. The minimum absolute atomic E-state index is 0.223. The van der Waals surface area contributed by atoms with Gasteiger partial charge in [0.2, 0.25) is 0 Å². The van der Waals surface area contributed by atoms with Crippen LogP contribution in [0.3, 0.4) is 0 Å². The van der Waals surface area contributed by atoms with Crippen LogP contribution in [0.5, 0.6) is 5.75 Å². The van der Waals surface area contributed by atoms with Crippen molar-refractivity contribution in [2.75, 3.05) is 19.6 Å². The molecule has 2 aliphatic rings. The molecule has 2 aliphatic heterocycles. The van der Waals surface area contributed by atoms with Crippen molar-refractivity contribution in [1.29, 1.82) is 0 Å². The van der Waals surface area contributed by atoms with Crippen molar-refractivity contribution in [3.05, 3.63) is 29.8 Å². The predicted octanol–water partition coefficient (Wildman–Crippen LogP) is 2.47. The van der Waals surface area contributed by atoms with Gasteiger partial charge in [0.05, 0.1) is 0 Å². The number of rotatable bonds is 4. The molecule has 3 rings (SSSR count). The van der Waals surface area contributed by atoms with E-state index in [-0.39, 0.29) is 5.75 Å². The monoisotopic (exact) mass is 282 g/mol. The van der Waals surface area contributed by atoms with Gasteiger partial charge in [0, 0.05) is 25.7 Å².